The summed E-state index contributed by atoms with van der Waals surface area (Å²) in [6.45, 7) is 11.3. The lowest BCUT2D eigenvalue weighted by molar-refractivity contribution is -0.146. The van der Waals surface area contributed by atoms with Crippen molar-refractivity contribution in [1.29, 1.82) is 0 Å². The molecule has 0 aliphatic carbocycles. The molecule has 3 unspecified atom stereocenters. The highest BCUT2D eigenvalue weighted by Crippen LogP contribution is 2.28. The van der Waals surface area contributed by atoms with E-state index in [1.54, 1.807) is 23.5 Å². The van der Waals surface area contributed by atoms with Gasteiger partial charge in [-0.25, -0.2) is 4.79 Å². The molecule has 172 valence electrons. The van der Waals surface area contributed by atoms with Crippen molar-refractivity contribution < 1.29 is 23.7 Å². The van der Waals surface area contributed by atoms with E-state index < -0.39 is 18.4 Å². The Morgan fingerprint density at radius 3 is 2.64 bits per heavy atom. The van der Waals surface area contributed by atoms with Crippen LogP contribution >= 0.6 is 11.3 Å². The number of esters is 1. The van der Waals surface area contributed by atoms with Crippen molar-refractivity contribution >= 4 is 37.5 Å². The van der Waals surface area contributed by atoms with E-state index in [0.29, 0.717) is 22.1 Å². The van der Waals surface area contributed by atoms with E-state index in [2.05, 4.69) is 13.2 Å². The molecule has 3 atom stereocenters. The fourth-order valence-corrected chi connectivity index (χ4v) is 4.31. The predicted octanol–water partition coefficient (Wildman–Crippen LogP) is 4.85. The van der Waals surface area contributed by atoms with Gasteiger partial charge in [0.2, 0.25) is 0 Å². The standard InChI is InChI=1S/C26H26O6S/c1-5-21-26(32-21)31-18(14-30-25(28)16(4)15(2)3)13-29-17-10-11-23-20(12-17)24(27)19-8-6-7-9-22(19)33-23/h5-12,15,18,21,26H,1,4,13-14H2,2-3H3. The van der Waals surface area contributed by atoms with Crippen molar-refractivity contribution in [3.8, 4) is 5.75 Å². The number of ether oxygens (including phenoxy) is 4. The van der Waals surface area contributed by atoms with Crippen molar-refractivity contribution in [3.63, 3.8) is 0 Å². The molecule has 0 spiro atoms. The molecular weight excluding hydrogens is 440 g/mol. The van der Waals surface area contributed by atoms with Crippen LogP contribution in [0.25, 0.3) is 20.2 Å². The van der Waals surface area contributed by atoms with Crippen molar-refractivity contribution in [1.82, 2.24) is 0 Å². The number of carbonyl (C=O) groups excluding carboxylic acids is 1. The Kier molecular flexibility index (Phi) is 6.93. The number of rotatable bonds is 10. The zero-order valence-corrected chi connectivity index (χ0v) is 19.4. The van der Waals surface area contributed by atoms with Gasteiger partial charge >= 0.3 is 5.97 Å². The predicted molar refractivity (Wildman–Crippen MR) is 130 cm³/mol. The zero-order chi connectivity index (χ0) is 23.5. The van der Waals surface area contributed by atoms with Crippen molar-refractivity contribution in [3.05, 3.63) is 77.5 Å². The van der Waals surface area contributed by atoms with Crippen molar-refractivity contribution in [2.24, 2.45) is 5.92 Å². The van der Waals surface area contributed by atoms with E-state index >= 15 is 0 Å². The lowest BCUT2D eigenvalue weighted by Crippen LogP contribution is -2.30. The Balaban J connectivity index is 1.47. The highest BCUT2D eigenvalue weighted by atomic mass is 32.1. The highest BCUT2D eigenvalue weighted by Gasteiger charge is 2.39. The second kappa shape index (κ2) is 9.87. The summed E-state index contributed by atoms with van der Waals surface area (Å²) in [6, 6.07) is 13.0. The molecule has 33 heavy (non-hydrogen) atoms. The maximum atomic E-state index is 12.9. The van der Waals surface area contributed by atoms with Crippen LogP contribution < -0.4 is 10.2 Å². The van der Waals surface area contributed by atoms with Gasteiger partial charge in [0.05, 0.1) is 0 Å². The molecule has 3 aromatic rings. The minimum atomic E-state index is -0.564. The van der Waals surface area contributed by atoms with Crippen LogP contribution in [0.3, 0.4) is 0 Å². The number of hydrogen-bond donors (Lipinski definition) is 0. The van der Waals surface area contributed by atoms with Gasteiger partial charge in [0.1, 0.15) is 31.2 Å². The Hall–Kier alpha value is -3.00. The van der Waals surface area contributed by atoms with Gasteiger partial charge in [-0.1, -0.05) is 38.6 Å². The molecule has 0 N–H and O–H groups in total. The Bertz CT molecular complexity index is 1260. The number of benzene rings is 2. The van der Waals surface area contributed by atoms with Crippen LogP contribution in [-0.4, -0.2) is 37.7 Å². The van der Waals surface area contributed by atoms with Gasteiger partial charge in [0, 0.05) is 25.7 Å². The molecule has 2 aromatic carbocycles. The van der Waals surface area contributed by atoms with Gasteiger partial charge in [-0.05, 0) is 36.2 Å². The maximum Gasteiger partial charge on any atom is 0.333 e. The molecular formula is C26H26O6S. The SMILES string of the molecule is C=CC1OC1OC(COC(=O)C(=C)C(C)C)COc1ccc2sc3ccccc3c(=O)c2c1. The lowest BCUT2D eigenvalue weighted by atomic mass is 10.1. The maximum absolute atomic E-state index is 12.9. The van der Waals surface area contributed by atoms with Crippen LogP contribution in [0.5, 0.6) is 5.75 Å². The average molecular weight is 467 g/mol. The molecule has 1 aromatic heterocycles. The van der Waals surface area contributed by atoms with E-state index in [1.165, 1.54) is 0 Å². The van der Waals surface area contributed by atoms with Gasteiger partial charge in [0.15, 0.2) is 11.7 Å². The van der Waals surface area contributed by atoms with Crippen LogP contribution in [-0.2, 0) is 19.0 Å². The first-order valence-corrected chi connectivity index (χ1v) is 11.6. The first kappa shape index (κ1) is 23.2. The number of carbonyl (C=O) groups is 1. The molecule has 7 heteroatoms. The summed E-state index contributed by atoms with van der Waals surface area (Å²) < 4.78 is 24.4. The van der Waals surface area contributed by atoms with Crippen molar-refractivity contribution in [2.45, 2.75) is 32.3 Å². The summed E-state index contributed by atoms with van der Waals surface area (Å²) in [7, 11) is 0. The lowest BCUT2D eigenvalue weighted by Gasteiger charge is -2.19. The Labute approximate surface area is 196 Å². The first-order valence-electron chi connectivity index (χ1n) is 10.7. The largest absolute Gasteiger partial charge is 0.491 e. The second-order valence-electron chi connectivity index (χ2n) is 8.14. The minimum absolute atomic E-state index is 0.0125. The third-order valence-corrected chi connectivity index (χ3v) is 6.54. The minimum Gasteiger partial charge on any atom is -0.491 e. The third kappa shape index (κ3) is 5.33. The topological polar surface area (TPSA) is 74.4 Å². The Morgan fingerprint density at radius 2 is 1.91 bits per heavy atom. The summed E-state index contributed by atoms with van der Waals surface area (Å²) in [4.78, 5) is 25.1. The highest BCUT2D eigenvalue weighted by molar-refractivity contribution is 7.24. The van der Waals surface area contributed by atoms with Gasteiger partial charge in [-0.3, -0.25) is 4.79 Å². The van der Waals surface area contributed by atoms with E-state index in [-0.39, 0.29) is 30.7 Å². The summed E-state index contributed by atoms with van der Waals surface area (Å²) in [6.07, 6.45) is 0.457. The van der Waals surface area contributed by atoms with E-state index in [9.17, 15) is 9.59 Å². The third-order valence-electron chi connectivity index (χ3n) is 5.38. The first-order chi connectivity index (χ1) is 15.9. The van der Waals surface area contributed by atoms with Gasteiger partial charge in [-0.2, -0.15) is 0 Å². The molecule has 1 aliphatic rings. The molecule has 0 bridgehead atoms. The normalized spacial score (nSPS) is 18.3. The molecule has 0 amide bonds. The summed E-state index contributed by atoms with van der Waals surface area (Å²) in [5.41, 5.74) is 0.367. The van der Waals surface area contributed by atoms with Gasteiger partial charge in [0.25, 0.3) is 0 Å². The molecule has 0 radical (unpaired) electrons. The molecule has 1 saturated heterocycles. The average Bonchev–Trinajstić information content (AvgIpc) is 3.58. The van der Waals surface area contributed by atoms with E-state index in [4.69, 9.17) is 18.9 Å². The van der Waals surface area contributed by atoms with Crippen molar-refractivity contribution in [2.75, 3.05) is 13.2 Å². The van der Waals surface area contributed by atoms with Gasteiger partial charge < -0.3 is 18.9 Å². The summed E-state index contributed by atoms with van der Waals surface area (Å²) in [5.74, 6) is 0.0531. The van der Waals surface area contributed by atoms with E-state index in [0.717, 1.165) is 9.40 Å². The number of fused-ring (bicyclic) bond motifs is 2. The smallest absolute Gasteiger partial charge is 0.333 e. The second-order valence-corrected chi connectivity index (χ2v) is 9.22. The quantitative estimate of drug-likeness (QED) is 0.140. The zero-order valence-electron chi connectivity index (χ0n) is 18.6. The monoisotopic (exact) mass is 466 g/mol. The molecule has 4 rings (SSSR count). The van der Waals surface area contributed by atoms with Crippen LogP contribution in [0.15, 0.2) is 72.1 Å². The fourth-order valence-electron chi connectivity index (χ4n) is 3.26. The Morgan fingerprint density at radius 1 is 1.15 bits per heavy atom. The summed E-state index contributed by atoms with van der Waals surface area (Å²) in [5, 5.41) is 1.29. The van der Waals surface area contributed by atoms with Crippen LogP contribution in [0.4, 0.5) is 0 Å². The van der Waals surface area contributed by atoms with Crippen LogP contribution in [0.1, 0.15) is 13.8 Å². The number of epoxide rings is 1. The van der Waals surface area contributed by atoms with Crippen LogP contribution in [0, 0.1) is 5.92 Å². The molecule has 0 saturated carbocycles. The van der Waals surface area contributed by atoms with Crippen LogP contribution in [0.2, 0.25) is 0 Å². The number of hydrogen-bond acceptors (Lipinski definition) is 7. The molecule has 2 heterocycles. The summed E-state index contributed by atoms with van der Waals surface area (Å²) >= 11 is 1.56. The fraction of sp³-hybridized carbons (Fsp3) is 0.308. The molecule has 1 fully saturated rings. The molecule has 6 nitrogen and oxygen atoms in total. The van der Waals surface area contributed by atoms with Gasteiger partial charge in [-0.15, -0.1) is 17.9 Å². The van der Waals surface area contributed by atoms with E-state index in [1.807, 2.05) is 50.2 Å². The molecule has 1 aliphatic heterocycles.